The van der Waals surface area contributed by atoms with Gasteiger partial charge in [-0.25, -0.2) is 4.98 Å². The molecular weight excluding hydrogens is 152 g/mol. The standard InChI is InChI=1S/C9H12N2O/c1-11-5-8(10-6-11)9(12)7-3-2-4-7/h5-7H,2-4H2,1H3. The van der Waals surface area contributed by atoms with Crippen LogP contribution < -0.4 is 0 Å². The van der Waals surface area contributed by atoms with Gasteiger partial charge >= 0.3 is 0 Å². The smallest absolute Gasteiger partial charge is 0.185 e. The number of nitrogens with zero attached hydrogens (tertiary/aromatic N) is 2. The van der Waals surface area contributed by atoms with E-state index < -0.39 is 0 Å². The van der Waals surface area contributed by atoms with E-state index >= 15 is 0 Å². The lowest BCUT2D eigenvalue weighted by molar-refractivity contribution is 0.0850. The Morgan fingerprint density at radius 1 is 1.67 bits per heavy atom. The first-order valence-electron chi connectivity index (χ1n) is 4.29. The van der Waals surface area contributed by atoms with Crippen LogP contribution >= 0.6 is 0 Å². The predicted molar refractivity (Wildman–Crippen MR) is 44.9 cm³/mol. The molecule has 0 radical (unpaired) electrons. The van der Waals surface area contributed by atoms with Gasteiger partial charge in [-0.1, -0.05) is 6.42 Å². The average Bonchev–Trinajstić information content (AvgIpc) is 2.31. The number of aryl methyl sites for hydroxylation is 1. The van der Waals surface area contributed by atoms with Crippen molar-refractivity contribution >= 4 is 5.78 Å². The fourth-order valence-electron chi connectivity index (χ4n) is 1.42. The highest BCUT2D eigenvalue weighted by Gasteiger charge is 2.27. The zero-order valence-electron chi connectivity index (χ0n) is 7.16. The Bertz CT molecular complexity index is 299. The quantitative estimate of drug-likeness (QED) is 0.619. The second kappa shape index (κ2) is 2.73. The Balaban J connectivity index is 2.13. The summed E-state index contributed by atoms with van der Waals surface area (Å²) in [5.41, 5.74) is 0.627. The fraction of sp³-hybridized carbons (Fsp3) is 0.556. The van der Waals surface area contributed by atoms with Crippen LogP contribution in [0.15, 0.2) is 12.5 Å². The largest absolute Gasteiger partial charge is 0.340 e. The van der Waals surface area contributed by atoms with Gasteiger partial charge in [0.05, 0.1) is 6.33 Å². The number of imidazole rings is 1. The first kappa shape index (κ1) is 7.53. The van der Waals surface area contributed by atoms with Crippen LogP contribution in [-0.2, 0) is 7.05 Å². The number of hydrogen-bond acceptors (Lipinski definition) is 2. The number of aromatic nitrogens is 2. The lowest BCUT2D eigenvalue weighted by Gasteiger charge is -2.22. The number of hydrogen-bond donors (Lipinski definition) is 0. The molecule has 1 aliphatic rings. The van der Waals surface area contributed by atoms with E-state index in [4.69, 9.17) is 0 Å². The van der Waals surface area contributed by atoms with E-state index in [0.29, 0.717) is 5.69 Å². The molecule has 0 aromatic carbocycles. The predicted octanol–water partition coefficient (Wildman–Crippen LogP) is 1.40. The molecule has 0 aliphatic heterocycles. The Kier molecular flexibility index (Phi) is 1.71. The van der Waals surface area contributed by atoms with Gasteiger partial charge in [-0.3, -0.25) is 4.79 Å². The molecule has 12 heavy (non-hydrogen) atoms. The third-order valence-electron chi connectivity index (χ3n) is 2.43. The molecule has 1 aliphatic carbocycles. The van der Waals surface area contributed by atoms with Crippen LogP contribution in [0.5, 0.6) is 0 Å². The van der Waals surface area contributed by atoms with Gasteiger partial charge in [0.25, 0.3) is 0 Å². The molecule has 1 heterocycles. The molecule has 0 N–H and O–H groups in total. The molecule has 0 bridgehead atoms. The van der Waals surface area contributed by atoms with E-state index in [1.807, 2.05) is 11.6 Å². The molecule has 64 valence electrons. The van der Waals surface area contributed by atoms with Crippen LogP contribution in [0.2, 0.25) is 0 Å². The van der Waals surface area contributed by atoms with E-state index in [0.717, 1.165) is 12.8 Å². The van der Waals surface area contributed by atoms with Crippen LogP contribution in [0.25, 0.3) is 0 Å². The third kappa shape index (κ3) is 1.15. The second-order valence-corrected chi connectivity index (χ2v) is 3.42. The van der Waals surface area contributed by atoms with E-state index in [-0.39, 0.29) is 11.7 Å². The Hall–Kier alpha value is -1.12. The van der Waals surface area contributed by atoms with Crippen molar-refractivity contribution < 1.29 is 4.79 Å². The summed E-state index contributed by atoms with van der Waals surface area (Å²) in [7, 11) is 1.88. The van der Waals surface area contributed by atoms with Crippen molar-refractivity contribution in [2.24, 2.45) is 13.0 Å². The van der Waals surface area contributed by atoms with Gasteiger partial charge in [0.1, 0.15) is 5.69 Å². The first-order chi connectivity index (χ1) is 5.77. The molecule has 0 spiro atoms. The lowest BCUT2D eigenvalue weighted by atomic mass is 9.81. The van der Waals surface area contributed by atoms with Gasteiger partial charge in [-0.15, -0.1) is 0 Å². The second-order valence-electron chi connectivity index (χ2n) is 3.42. The molecule has 1 aromatic heterocycles. The van der Waals surface area contributed by atoms with Crippen molar-refractivity contribution in [3.63, 3.8) is 0 Å². The molecule has 1 fully saturated rings. The maximum Gasteiger partial charge on any atom is 0.185 e. The minimum atomic E-state index is 0.224. The maximum atomic E-state index is 11.6. The molecule has 0 unspecified atom stereocenters. The summed E-state index contributed by atoms with van der Waals surface area (Å²) < 4.78 is 1.81. The van der Waals surface area contributed by atoms with Crippen molar-refractivity contribution in [1.29, 1.82) is 0 Å². The monoisotopic (exact) mass is 164 g/mol. The van der Waals surface area contributed by atoms with E-state index in [1.165, 1.54) is 6.42 Å². The Morgan fingerprint density at radius 3 is 2.83 bits per heavy atom. The fourth-order valence-corrected chi connectivity index (χ4v) is 1.42. The number of ketones is 1. The molecular formula is C9H12N2O. The molecule has 1 aromatic rings. The average molecular weight is 164 g/mol. The number of Topliss-reactive ketones (excluding diaryl/α,β-unsaturated/α-hetero) is 1. The highest BCUT2D eigenvalue weighted by atomic mass is 16.1. The van der Waals surface area contributed by atoms with Crippen molar-refractivity contribution in [1.82, 2.24) is 9.55 Å². The summed E-state index contributed by atoms with van der Waals surface area (Å²) in [5, 5.41) is 0. The zero-order valence-corrected chi connectivity index (χ0v) is 7.16. The minimum absolute atomic E-state index is 0.224. The summed E-state index contributed by atoms with van der Waals surface area (Å²) in [5.74, 6) is 0.488. The van der Waals surface area contributed by atoms with Gasteiger partial charge in [0.15, 0.2) is 5.78 Å². The summed E-state index contributed by atoms with van der Waals surface area (Å²) in [6.07, 6.45) is 6.76. The zero-order chi connectivity index (χ0) is 8.55. The molecule has 3 nitrogen and oxygen atoms in total. The molecule has 3 heteroatoms. The van der Waals surface area contributed by atoms with Gasteiger partial charge < -0.3 is 4.57 Å². The summed E-state index contributed by atoms with van der Waals surface area (Å²) in [6, 6.07) is 0. The first-order valence-corrected chi connectivity index (χ1v) is 4.29. The lowest BCUT2D eigenvalue weighted by Crippen LogP contribution is -2.22. The normalized spacial score (nSPS) is 17.4. The molecule has 0 amide bonds. The van der Waals surface area contributed by atoms with Gasteiger partial charge in [-0.05, 0) is 12.8 Å². The van der Waals surface area contributed by atoms with Crippen LogP contribution in [0.3, 0.4) is 0 Å². The van der Waals surface area contributed by atoms with Gasteiger partial charge in [0.2, 0.25) is 0 Å². The Labute approximate surface area is 71.4 Å². The molecule has 0 saturated heterocycles. The maximum absolute atomic E-state index is 11.6. The van der Waals surface area contributed by atoms with E-state index in [2.05, 4.69) is 4.98 Å². The summed E-state index contributed by atoms with van der Waals surface area (Å²) in [6.45, 7) is 0. The summed E-state index contributed by atoms with van der Waals surface area (Å²) in [4.78, 5) is 15.6. The Morgan fingerprint density at radius 2 is 2.42 bits per heavy atom. The molecule has 2 rings (SSSR count). The number of carbonyl (C=O) groups excluding carboxylic acids is 1. The van der Waals surface area contributed by atoms with Crippen LogP contribution in [0.4, 0.5) is 0 Å². The highest BCUT2D eigenvalue weighted by molar-refractivity contribution is 5.96. The van der Waals surface area contributed by atoms with Crippen LogP contribution in [0.1, 0.15) is 29.8 Å². The molecule has 1 saturated carbocycles. The highest BCUT2D eigenvalue weighted by Crippen LogP contribution is 2.29. The van der Waals surface area contributed by atoms with Gasteiger partial charge in [-0.2, -0.15) is 0 Å². The minimum Gasteiger partial charge on any atom is -0.340 e. The third-order valence-corrected chi connectivity index (χ3v) is 2.43. The van der Waals surface area contributed by atoms with Crippen molar-refractivity contribution in [3.8, 4) is 0 Å². The topological polar surface area (TPSA) is 34.9 Å². The summed E-state index contributed by atoms with van der Waals surface area (Å²) >= 11 is 0. The van der Waals surface area contributed by atoms with E-state index in [1.54, 1.807) is 12.5 Å². The molecule has 0 atom stereocenters. The SMILES string of the molecule is Cn1cnc(C(=O)C2CCC2)c1. The number of carbonyl (C=O) groups is 1. The number of rotatable bonds is 2. The van der Waals surface area contributed by atoms with Crippen LogP contribution in [-0.4, -0.2) is 15.3 Å². The van der Waals surface area contributed by atoms with E-state index in [9.17, 15) is 4.79 Å². The van der Waals surface area contributed by atoms with Crippen LogP contribution in [0, 0.1) is 5.92 Å². The van der Waals surface area contributed by atoms with Crippen molar-refractivity contribution in [2.75, 3.05) is 0 Å². The van der Waals surface area contributed by atoms with Crippen molar-refractivity contribution in [3.05, 3.63) is 18.2 Å². The van der Waals surface area contributed by atoms with Crippen molar-refractivity contribution in [2.45, 2.75) is 19.3 Å². The van der Waals surface area contributed by atoms with Gasteiger partial charge in [0, 0.05) is 19.2 Å².